The van der Waals surface area contributed by atoms with Gasteiger partial charge in [-0.1, -0.05) is 24.3 Å². The standard InChI is InChI=1S/C13H12N2/c1-2-5-11(6-3-1)12-7-4-8-15-10-14-9-13(12)15/h1-2,4-5,7-10H,3,6H2. The van der Waals surface area contributed by atoms with Crippen LogP contribution in [0.1, 0.15) is 18.4 Å². The van der Waals surface area contributed by atoms with E-state index in [4.69, 9.17) is 0 Å². The van der Waals surface area contributed by atoms with Crippen molar-refractivity contribution in [3.8, 4) is 0 Å². The lowest BCUT2D eigenvalue weighted by Crippen LogP contribution is -1.91. The van der Waals surface area contributed by atoms with Crippen LogP contribution in [0, 0.1) is 0 Å². The van der Waals surface area contributed by atoms with E-state index in [1.807, 2.05) is 18.7 Å². The number of allylic oxidation sites excluding steroid dienone is 4. The molecule has 0 aliphatic heterocycles. The van der Waals surface area contributed by atoms with Gasteiger partial charge in [0.1, 0.15) is 0 Å². The molecular formula is C13H12N2. The third-order valence-corrected chi connectivity index (χ3v) is 2.81. The van der Waals surface area contributed by atoms with Crippen LogP contribution in [0.2, 0.25) is 0 Å². The largest absolute Gasteiger partial charge is 0.306 e. The van der Waals surface area contributed by atoms with Gasteiger partial charge in [-0.2, -0.15) is 0 Å². The molecule has 0 aromatic carbocycles. The van der Waals surface area contributed by atoms with Gasteiger partial charge in [0, 0.05) is 11.8 Å². The van der Waals surface area contributed by atoms with Crippen molar-refractivity contribution in [1.82, 2.24) is 9.38 Å². The summed E-state index contributed by atoms with van der Waals surface area (Å²) in [6, 6.07) is 4.24. The zero-order valence-electron chi connectivity index (χ0n) is 8.43. The van der Waals surface area contributed by atoms with Crippen molar-refractivity contribution in [2.24, 2.45) is 0 Å². The number of hydrogen-bond donors (Lipinski definition) is 0. The van der Waals surface area contributed by atoms with Crippen LogP contribution in [0.15, 0.2) is 49.1 Å². The topological polar surface area (TPSA) is 17.3 Å². The SMILES string of the molecule is C1=CCCC(c2cccn3cncc23)=C1. The van der Waals surface area contributed by atoms with Crippen LogP contribution in [-0.2, 0) is 0 Å². The molecule has 2 heteroatoms. The fourth-order valence-electron chi connectivity index (χ4n) is 2.05. The van der Waals surface area contributed by atoms with Crippen LogP contribution < -0.4 is 0 Å². The van der Waals surface area contributed by atoms with Gasteiger partial charge in [0.15, 0.2) is 0 Å². The highest BCUT2D eigenvalue weighted by atomic mass is 15.0. The summed E-state index contributed by atoms with van der Waals surface area (Å²) in [7, 11) is 0. The zero-order chi connectivity index (χ0) is 10.1. The van der Waals surface area contributed by atoms with Crippen LogP contribution in [0.25, 0.3) is 11.1 Å². The van der Waals surface area contributed by atoms with E-state index in [9.17, 15) is 0 Å². The van der Waals surface area contributed by atoms with E-state index in [0.717, 1.165) is 12.8 Å². The third-order valence-electron chi connectivity index (χ3n) is 2.81. The minimum atomic E-state index is 1.13. The summed E-state index contributed by atoms with van der Waals surface area (Å²) in [6.45, 7) is 0. The molecule has 74 valence electrons. The zero-order valence-corrected chi connectivity index (χ0v) is 8.43. The first kappa shape index (κ1) is 8.48. The van der Waals surface area contributed by atoms with E-state index >= 15 is 0 Å². The maximum absolute atomic E-state index is 4.17. The van der Waals surface area contributed by atoms with Gasteiger partial charge in [-0.05, 0) is 24.5 Å². The van der Waals surface area contributed by atoms with Gasteiger partial charge in [0.25, 0.3) is 0 Å². The molecule has 15 heavy (non-hydrogen) atoms. The Hall–Kier alpha value is -1.83. The Morgan fingerprint density at radius 1 is 1.33 bits per heavy atom. The molecule has 0 unspecified atom stereocenters. The Kier molecular flexibility index (Phi) is 1.91. The van der Waals surface area contributed by atoms with Crippen LogP contribution >= 0.6 is 0 Å². The molecule has 2 aromatic rings. The van der Waals surface area contributed by atoms with Gasteiger partial charge in [0.2, 0.25) is 0 Å². The maximum atomic E-state index is 4.17. The molecule has 2 nitrogen and oxygen atoms in total. The highest BCUT2D eigenvalue weighted by Crippen LogP contribution is 2.26. The van der Waals surface area contributed by atoms with Crippen LogP contribution in [0.3, 0.4) is 0 Å². The molecule has 0 amide bonds. The molecule has 2 heterocycles. The van der Waals surface area contributed by atoms with Crippen molar-refractivity contribution in [1.29, 1.82) is 0 Å². The van der Waals surface area contributed by atoms with Crippen molar-refractivity contribution < 1.29 is 0 Å². The summed E-state index contributed by atoms with van der Waals surface area (Å²) in [4.78, 5) is 4.17. The number of nitrogens with zero attached hydrogens (tertiary/aromatic N) is 2. The Balaban J connectivity index is 2.21. The normalized spacial score (nSPS) is 15.6. The van der Waals surface area contributed by atoms with Crippen molar-refractivity contribution in [3.63, 3.8) is 0 Å². The Bertz CT molecular complexity index is 546. The molecule has 0 N–H and O–H groups in total. The van der Waals surface area contributed by atoms with Gasteiger partial charge < -0.3 is 4.40 Å². The second-order valence-corrected chi connectivity index (χ2v) is 3.77. The highest BCUT2D eigenvalue weighted by molar-refractivity contribution is 5.79. The molecule has 0 saturated heterocycles. The maximum Gasteiger partial charge on any atom is 0.0992 e. The lowest BCUT2D eigenvalue weighted by Gasteiger charge is -2.10. The number of pyridine rings is 1. The van der Waals surface area contributed by atoms with E-state index in [0.29, 0.717) is 0 Å². The highest BCUT2D eigenvalue weighted by Gasteiger charge is 2.07. The summed E-state index contributed by atoms with van der Waals surface area (Å²) < 4.78 is 2.06. The van der Waals surface area contributed by atoms with E-state index < -0.39 is 0 Å². The minimum Gasteiger partial charge on any atom is -0.306 e. The fourth-order valence-corrected chi connectivity index (χ4v) is 2.05. The number of hydrogen-bond acceptors (Lipinski definition) is 1. The molecule has 0 fully saturated rings. The summed E-state index contributed by atoms with van der Waals surface area (Å²) in [5.41, 5.74) is 3.90. The van der Waals surface area contributed by atoms with Gasteiger partial charge >= 0.3 is 0 Å². The number of imidazole rings is 1. The van der Waals surface area contributed by atoms with Gasteiger partial charge in [-0.25, -0.2) is 4.98 Å². The molecular weight excluding hydrogens is 184 g/mol. The first-order valence-electron chi connectivity index (χ1n) is 5.22. The lowest BCUT2D eigenvalue weighted by atomic mass is 9.97. The average Bonchev–Trinajstić information content (AvgIpc) is 2.78. The quantitative estimate of drug-likeness (QED) is 0.685. The second kappa shape index (κ2) is 3.39. The minimum absolute atomic E-state index is 1.13. The molecule has 0 saturated carbocycles. The predicted molar refractivity (Wildman–Crippen MR) is 61.5 cm³/mol. The lowest BCUT2D eigenvalue weighted by molar-refractivity contribution is 1.05. The summed E-state index contributed by atoms with van der Waals surface area (Å²) >= 11 is 0. The Morgan fingerprint density at radius 2 is 2.33 bits per heavy atom. The monoisotopic (exact) mass is 196 g/mol. The van der Waals surface area contributed by atoms with Crippen LogP contribution in [0.5, 0.6) is 0 Å². The summed E-state index contributed by atoms with van der Waals surface area (Å²) in [5, 5.41) is 0. The molecule has 2 aromatic heterocycles. The van der Waals surface area contributed by atoms with Crippen LogP contribution in [-0.4, -0.2) is 9.38 Å². The van der Waals surface area contributed by atoms with Gasteiger partial charge in [-0.3, -0.25) is 0 Å². The molecule has 0 radical (unpaired) electrons. The number of fused-ring (bicyclic) bond motifs is 1. The predicted octanol–water partition coefficient (Wildman–Crippen LogP) is 3.07. The molecule has 3 rings (SSSR count). The van der Waals surface area contributed by atoms with E-state index in [1.54, 1.807) is 0 Å². The van der Waals surface area contributed by atoms with Gasteiger partial charge in [0.05, 0.1) is 18.0 Å². The molecule has 0 atom stereocenters. The Morgan fingerprint density at radius 3 is 3.20 bits per heavy atom. The van der Waals surface area contributed by atoms with Crippen molar-refractivity contribution in [3.05, 3.63) is 54.6 Å². The summed E-state index contributed by atoms with van der Waals surface area (Å²) in [5.74, 6) is 0. The van der Waals surface area contributed by atoms with Crippen molar-refractivity contribution in [2.75, 3.05) is 0 Å². The first-order chi connectivity index (χ1) is 7.45. The fraction of sp³-hybridized carbons (Fsp3) is 0.154. The smallest absolute Gasteiger partial charge is 0.0992 e. The molecule has 1 aliphatic carbocycles. The number of rotatable bonds is 1. The average molecular weight is 196 g/mol. The van der Waals surface area contributed by atoms with Gasteiger partial charge in [-0.15, -0.1) is 0 Å². The van der Waals surface area contributed by atoms with E-state index in [2.05, 4.69) is 39.7 Å². The first-order valence-corrected chi connectivity index (χ1v) is 5.22. The van der Waals surface area contributed by atoms with E-state index in [-0.39, 0.29) is 0 Å². The molecule has 1 aliphatic rings. The van der Waals surface area contributed by atoms with Crippen LogP contribution in [0.4, 0.5) is 0 Å². The third kappa shape index (κ3) is 1.38. The molecule has 0 spiro atoms. The number of aromatic nitrogens is 2. The Labute approximate surface area is 88.6 Å². The van der Waals surface area contributed by atoms with Crippen molar-refractivity contribution >= 4 is 11.1 Å². The van der Waals surface area contributed by atoms with E-state index in [1.165, 1.54) is 16.7 Å². The summed E-state index contributed by atoms with van der Waals surface area (Å²) in [6.07, 6.45) is 14.6. The second-order valence-electron chi connectivity index (χ2n) is 3.77. The van der Waals surface area contributed by atoms with Crippen molar-refractivity contribution in [2.45, 2.75) is 12.8 Å². The molecule has 0 bridgehead atoms.